The first-order chi connectivity index (χ1) is 8.69. The Balaban J connectivity index is 2.22. The van der Waals surface area contributed by atoms with Crippen LogP contribution in [0.15, 0.2) is 35.1 Å². The highest BCUT2D eigenvalue weighted by Gasteiger charge is 2.06. The zero-order valence-corrected chi connectivity index (χ0v) is 12.2. The molecule has 0 bridgehead atoms. The van der Waals surface area contributed by atoms with Crippen LogP contribution in [0, 0.1) is 0 Å². The minimum absolute atomic E-state index is 0.508. The smallest absolute Gasteiger partial charge is 0.222 e. The summed E-state index contributed by atoms with van der Waals surface area (Å²) in [6.07, 6.45) is 3.45. The van der Waals surface area contributed by atoms with E-state index in [1.165, 1.54) is 6.33 Å². The third-order valence-corrected chi connectivity index (χ3v) is 3.12. The van der Waals surface area contributed by atoms with Gasteiger partial charge in [-0.2, -0.15) is 0 Å². The fourth-order valence-corrected chi connectivity index (χ4v) is 1.99. The highest BCUT2D eigenvalue weighted by molar-refractivity contribution is 9.10. The molecule has 1 aromatic heterocycles. The molecule has 0 aliphatic heterocycles. The van der Waals surface area contributed by atoms with Crippen molar-refractivity contribution in [1.29, 1.82) is 0 Å². The molecule has 0 N–H and O–H groups in total. The van der Waals surface area contributed by atoms with E-state index in [-0.39, 0.29) is 0 Å². The van der Waals surface area contributed by atoms with Crippen molar-refractivity contribution in [3.05, 3.63) is 45.8 Å². The molecule has 1 aromatic carbocycles. The van der Waals surface area contributed by atoms with Gasteiger partial charge >= 0.3 is 0 Å². The van der Waals surface area contributed by atoms with Gasteiger partial charge in [0.1, 0.15) is 12.1 Å². The van der Waals surface area contributed by atoms with Crippen molar-refractivity contribution in [2.75, 3.05) is 0 Å². The molecule has 2 rings (SSSR count). The maximum absolute atomic E-state index is 6.06. The molecule has 18 heavy (non-hydrogen) atoms. The summed E-state index contributed by atoms with van der Waals surface area (Å²) in [4.78, 5) is 8.26. The highest BCUT2D eigenvalue weighted by Crippen LogP contribution is 2.31. The summed E-state index contributed by atoms with van der Waals surface area (Å²) in [5.74, 6) is 1.08. The van der Waals surface area contributed by atoms with Gasteiger partial charge in [-0.3, -0.25) is 0 Å². The summed E-state index contributed by atoms with van der Waals surface area (Å²) in [6.45, 7) is 2.10. The van der Waals surface area contributed by atoms with Gasteiger partial charge in [-0.1, -0.05) is 40.9 Å². The van der Waals surface area contributed by atoms with Crippen molar-refractivity contribution in [2.24, 2.45) is 0 Å². The maximum atomic E-state index is 6.06. The number of ether oxygens (including phenoxy) is 1. The molecule has 1 heterocycles. The van der Waals surface area contributed by atoms with E-state index in [1.54, 1.807) is 6.07 Å². The summed E-state index contributed by atoms with van der Waals surface area (Å²) < 4.78 is 6.57. The molecule has 0 fully saturated rings. The topological polar surface area (TPSA) is 35.0 Å². The van der Waals surface area contributed by atoms with Gasteiger partial charge < -0.3 is 4.74 Å². The molecule has 2 aromatic rings. The Morgan fingerprint density at radius 2 is 2.11 bits per heavy atom. The molecular weight excluding hydrogens is 316 g/mol. The van der Waals surface area contributed by atoms with Gasteiger partial charge in [0.05, 0.1) is 5.02 Å². The largest absolute Gasteiger partial charge is 0.437 e. The van der Waals surface area contributed by atoms with Crippen LogP contribution in [0.1, 0.15) is 19.0 Å². The van der Waals surface area contributed by atoms with E-state index in [0.717, 1.165) is 23.0 Å². The monoisotopic (exact) mass is 326 g/mol. The van der Waals surface area contributed by atoms with Crippen LogP contribution in [-0.4, -0.2) is 9.97 Å². The van der Waals surface area contributed by atoms with Crippen LogP contribution in [0.25, 0.3) is 0 Å². The fraction of sp³-hybridized carbons (Fsp3) is 0.231. The van der Waals surface area contributed by atoms with E-state index >= 15 is 0 Å². The van der Waals surface area contributed by atoms with Crippen molar-refractivity contribution < 1.29 is 4.74 Å². The Hall–Kier alpha value is -1.13. The number of benzene rings is 1. The number of aryl methyl sites for hydroxylation is 1. The zero-order valence-electron chi connectivity index (χ0n) is 9.86. The number of hydrogen-bond acceptors (Lipinski definition) is 3. The second-order valence-corrected chi connectivity index (χ2v) is 5.10. The quantitative estimate of drug-likeness (QED) is 0.820. The van der Waals surface area contributed by atoms with E-state index in [2.05, 4.69) is 32.8 Å². The minimum atomic E-state index is 0.508. The number of hydrogen-bond donors (Lipinski definition) is 0. The van der Waals surface area contributed by atoms with Gasteiger partial charge in [0.15, 0.2) is 0 Å². The molecule has 94 valence electrons. The molecule has 0 unspecified atom stereocenters. The lowest BCUT2D eigenvalue weighted by atomic mass is 10.2. The predicted molar refractivity (Wildman–Crippen MR) is 75.3 cm³/mol. The lowest BCUT2D eigenvalue weighted by Gasteiger charge is -2.07. The third kappa shape index (κ3) is 3.43. The van der Waals surface area contributed by atoms with E-state index in [9.17, 15) is 0 Å². The molecule has 0 atom stereocenters. The molecule has 0 amide bonds. The number of aromatic nitrogens is 2. The number of rotatable bonds is 4. The Bertz CT molecular complexity index is 548. The third-order valence-electron chi connectivity index (χ3n) is 2.31. The Morgan fingerprint density at radius 1 is 1.28 bits per heavy atom. The Morgan fingerprint density at radius 3 is 2.89 bits per heavy atom. The lowest BCUT2D eigenvalue weighted by Crippen LogP contribution is -1.94. The molecule has 0 aliphatic rings. The van der Waals surface area contributed by atoms with Crippen molar-refractivity contribution in [3.63, 3.8) is 0 Å². The molecule has 0 saturated heterocycles. The SMILES string of the molecule is CCCc1cc(Oc2cc(Br)ccc2Cl)ncn1. The van der Waals surface area contributed by atoms with Gasteiger partial charge in [0.2, 0.25) is 5.88 Å². The van der Waals surface area contributed by atoms with Crippen LogP contribution >= 0.6 is 27.5 Å². The zero-order chi connectivity index (χ0) is 13.0. The van der Waals surface area contributed by atoms with Crippen LogP contribution in [0.4, 0.5) is 0 Å². The van der Waals surface area contributed by atoms with Crippen LogP contribution in [-0.2, 0) is 6.42 Å². The summed E-state index contributed by atoms with van der Waals surface area (Å²) in [6, 6.07) is 7.28. The standard InChI is InChI=1S/C13H12BrClN2O/c1-2-3-10-7-13(17-8-16-10)18-12-6-9(14)4-5-11(12)15/h4-8H,2-3H2,1H3. The van der Waals surface area contributed by atoms with E-state index in [0.29, 0.717) is 16.7 Å². The maximum Gasteiger partial charge on any atom is 0.222 e. The summed E-state index contributed by atoms with van der Waals surface area (Å²) in [5, 5.41) is 0.550. The van der Waals surface area contributed by atoms with Gasteiger partial charge in [-0.15, -0.1) is 0 Å². The van der Waals surface area contributed by atoms with Crippen molar-refractivity contribution in [2.45, 2.75) is 19.8 Å². The second kappa shape index (κ2) is 6.16. The molecule has 3 nitrogen and oxygen atoms in total. The molecule has 0 saturated carbocycles. The minimum Gasteiger partial charge on any atom is -0.437 e. The molecule has 0 radical (unpaired) electrons. The molecule has 0 aliphatic carbocycles. The molecular formula is C13H12BrClN2O. The van der Waals surface area contributed by atoms with Crippen molar-refractivity contribution >= 4 is 27.5 Å². The first-order valence-electron chi connectivity index (χ1n) is 5.63. The summed E-state index contributed by atoms with van der Waals surface area (Å²) in [7, 11) is 0. The predicted octanol–water partition coefficient (Wildman–Crippen LogP) is 4.64. The average molecular weight is 328 g/mol. The summed E-state index contributed by atoms with van der Waals surface area (Å²) in [5.41, 5.74) is 0.966. The van der Waals surface area contributed by atoms with Crippen LogP contribution < -0.4 is 4.74 Å². The van der Waals surface area contributed by atoms with Crippen LogP contribution in [0.3, 0.4) is 0 Å². The normalized spacial score (nSPS) is 10.4. The highest BCUT2D eigenvalue weighted by atomic mass is 79.9. The van der Waals surface area contributed by atoms with Gasteiger partial charge in [-0.25, -0.2) is 9.97 Å². The lowest BCUT2D eigenvalue weighted by molar-refractivity contribution is 0.460. The van der Waals surface area contributed by atoms with E-state index in [1.807, 2.05) is 18.2 Å². The Labute approximate surface area is 119 Å². The van der Waals surface area contributed by atoms with E-state index in [4.69, 9.17) is 16.3 Å². The van der Waals surface area contributed by atoms with Crippen LogP contribution in [0.5, 0.6) is 11.6 Å². The first kappa shape index (κ1) is 13.3. The van der Waals surface area contributed by atoms with Gasteiger partial charge in [0, 0.05) is 16.2 Å². The van der Waals surface area contributed by atoms with Crippen molar-refractivity contribution in [1.82, 2.24) is 9.97 Å². The molecule has 0 spiro atoms. The van der Waals surface area contributed by atoms with Crippen molar-refractivity contribution in [3.8, 4) is 11.6 Å². The first-order valence-corrected chi connectivity index (χ1v) is 6.80. The number of nitrogens with zero attached hydrogens (tertiary/aromatic N) is 2. The fourth-order valence-electron chi connectivity index (χ4n) is 1.49. The molecule has 5 heteroatoms. The van der Waals surface area contributed by atoms with Gasteiger partial charge in [-0.05, 0) is 24.6 Å². The van der Waals surface area contributed by atoms with Crippen LogP contribution in [0.2, 0.25) is 5.02 Å². The average Bonchev–Trinajstić information content (AvgIpc) is 2.35. The second-order valence-electron chi connectivity index (χ2n) is 3.77. The summed E-state index contributed by atoms with van der Waals surface area (Å²) >= 11 is 9.44. The Kier molecular flexibility index (Phi) is 4.55. The van der Waals surface area contributed by atoms with Gasteiger partial charge in [0.25, 0.3) is 0 Å². The van der Waals surface area contributed by atoms with E-state index < -0.39 is 0 Å². The number of halogens is 2.